The van der Waals surface area contributed by atoms with Crippen LogP contribution in [0.4, 0.5) is 17.6 Å². The van der Waals surface area contributed by atoms with Crippen LogP contribution in [0.2, 0.25) is 0 Å². The second-order valence-electron chi connectivity index (χ2n) is 8.73. The lowest BCUT2D eigenvalue weighted by Gasteiger charge is -2.09. The van der Waals surface area contributed by atoms with E-state index in [1.54, 1.807) is 36.4 Å². The summed E-state index contributed by atoms with van der Waals surface area (Å²) in [7, 11) is 0. The molecule has 3 heterocycles. The maximum absolute atomic E-state index is 13.6. The number of aromatic nitrogens is 6. The van der Waals surface area contributed by atoms with Crippen molar-refractivity contribution in [3.05, 3.63) is 67.9 Å². The number of fused-ring (bicyclic) bond motifs is 6. The number of nitrogens with zero attached hydrogens (tertiary/aromatic N) is 16. The highest BCUT2D eigenvalue weighted by Gasteiger charge is 2.24. The van der Waals surface area contributed by atoms with Gasteiger partial charge in [-0.1, -0.05) is 0 Å². The third-order valence-electron chi connectivity index (χ3n) is 6.21. The molecule has 5 rings (SSSR count). The van der Waals surface area contributed by atoms with Gasteiger partial charge in [-0.15, -0.1) is 0 Å². The second-order valence-corrected chi connectivity index (χ2v) is 8.73. The summed E-state index contributed by atoms with van der Waals surface area (Å²) in [6, 6.07) is 14.8. The third-order valence-corrected chi connectivity index (χ3v) is 6.21. The monoisotopic (exact) mass is 665 g/mol. The molecular weight excluding hydrogens is 660 g/mol. The predicted octanol–water partition coefficient (Wildman–Crippen LogP) is 1.88. The fourth-order valence-corrected chi connectivity index (χ4v) is 4.11. The normalized spacial score (nSPS) is 9.40. The Balaban J connectivity index is 0.000000375. The van der Waals surface area contributed by atoms with Crippen LogP contribution in [0.15, 0.2) is 0 Å². The van der Waals surface area contributed by atoms with E-state index in [2.05, 4.69) is 29.9 Å². The molecule has 0 unspecified atom stereocenters. The smallest absolute Gasteiger partial charge is 0.177 e. The molecule has 16 nitrogen and oxygen atoms in total. The molecule has 0 aliphatic heterocycles. The van der Waals surface area contributed by atoms with E-state index in [1.807, 2.05) is 0 Å². The van der Waals surface area contributed by atoms with E-state index in [0.29, 0.717) is 0 Å². The first-order valence-electron chi connectivity index (χ1n) is 12.4. The van der Waals surface area contributed by atoms with Gasteiger partial charge in [-0.3, -0.25) is 0 Å². The lowest BCUT2D eigenvalue weighted by Crippen LogP contribution is -2.31. The van der Waals surface area contributed by atoms with Crippen LogP contribution in [0.5, 0.6) is 0 Å². The number of hydrogen-bond donors (Lipinski definition) is 0. The molecule has 2 aromatic carbocycles. The molecule has 232 valence electrons. The summed E-state index contributed by atoms with van der Waals surface area (Å²) in [4.78, 5) is 24.7. The summed E-state index contributed by atoms with van der Waals surface area (Å²) < 4.78 is 54.5. The van der Waals surface area contributed by atoms with Crippen molar-refractivity contribution in [2.75, 3.05) is 0 Å². The van der Waals surface area contributed by atoms with Crippen molar-refractivity contribution in [1.82, 2.24) is 29.9 Å². The SMILES string of the molecule is N#CC(C#N)=c1c(F)c(F)c(=C(C#N)C#N)c(F)c1F.N#Cc1nc2c3nc(C#N)c(C#N)nc3c3nc(C#N)c(C#N)nc3c2nc1C#N.[2HH].[HH]. The molecule has 0 aliphatic rings. The average molecular weight is 665 g/mol. The van der Waals surface area contributed by atoms with Gasteiger partial charge in [0.2, 0.25) is 0 Å². The van der Waals surface area contributed by atoms with E-state index in [1.165, 1.54) is 0 Å². The highest BCUT2D eigenvalue weighted by Crippen LogP contribution is 2.31. The van der Waals surface area contributed by atoms with Gasteiger partial charge >= 0.3 is 0 Å². The molecular formula is C30H4F4N16. The molecule has 0 saturated carbocycles. The molecule has 0 bridgehead atoms. The second kappa shape index (κ2) is 13.4. The number of benzene rings is 2. The van der Waals surface area contributed by atoms with Crippen molar-refractivity contribution >= 4 is 44.2 Å². The first-order valence-corrected chi connectivity index (χ1v) is 12.4. The van der Waals surface area contributed by atoms with Crippen molar-refractivity contribution in [3.63, 3.8) is 0 Å². The van der Waals surface area contributed by atoms with Gasteiger partial charge in [-0.2, -0.15) is 52.6 Å². The van der Waals surface area contributed by atoms with E-state index in [9.17, 15) is 49.1 Å². The van der Waals surface area contributed by atoms with Crippen molar-refractivity contribution < 1.29 is 20.4 Å². The summed E-state index contributed by atoms with van der Waals surface area (Å²) in [5.74, 6) is -8.11. The van der Waals surface area contributed by atoms with Gasteiger partial charge in [0.25, 0.3) is 0 Å². The number of rotatable bonds is 0. The first-order chi connectivity index (χ1) is 24.0. The molecule has 50 heavy (non-hydrogen) atoms. The minimum absolute atomic E-state index is 0. The minimum atomic E-state index is -2.03. The lowest BCUT2D eigenvalue weighted by molar-refractivity contribution is 0.434. The first kappa shape index (κ1) is 33.7. The quantitative estimate of drug-likeness (QED) is 0.129. The summed E-state index contributed by atoms with van der Waals surface area (Å²) in [6.07, 6.45) is 0. The predicted molar refractivity (Wildman–Crippen MR) is 153 cm³/mol. The van der Waals surface area contributed by atoms with Crippen molar-refractivity contribution in [2.45, 2.75) is 0 Å². The van der Waals surface area contributed by atoms with Crippen LogP contribution in [0.1, 0.15) is 37.0 Å². The van der Waals surface area contributed by atoms with E-state index < -0.39 is 44.9 Å². The Morgan fingerprint density at radius 1 is 0.360 bits per heavy atom. The number of nitriles is 10. The standard InChI is InChI=1S/C18N12.C12F4N4.2H2/c19-1-7-8(2-20)26-14-13(25-7)15-17(29-10(4-22)9(3-21)27-15)18-16(14)28-11(5-23)12(6-24)30-18;13-9-7(5(1-17)2-18)10(14)12(16)8(11(9)15)6(3-19)4-20;;/h;;2*1H/i;;1+1;. The molecule has 20 heteroatoms. The zero-order chi connectivity index (χ0) is 36.9. The Bertz CT molecular complexity index is 2500. The van der Waals surface area contributed by atoms with Gasteiger partial charge < -0.3 is 0 Å². The molecule has 0 saturated heterocycles. The fraction of sp³-hybridized carbons (Fsp3) is 0. The third kappa shape index (κ3) is 5.25. The van der Waals surface area contributed by atoms with Gasteiger partial charge in [-0.05, 0) is 0 Å². The zero-order valence-corrected chi connectivity index (χ0v) is 23.7. The number of halogens is 4. The molecule has 5 aromatic rings. The van der Waals surface area contributed by atoms with Crippen LogP contribution in [-0.2, 0) is 0 Å². The summed E-state index contributed by atoms with van der Waals surface area (Å²) >= 11 is 0. The Labute approximate surface area is 275 Å². The molecule has 3 aromatic heterocycles. The maximum Gasteiger partial charge on any atom is 0.177 e. The highest BCUT2D eigenvalue weighted by atomic mass is 19.2. The average Bonchev–Trinajstić information content (AvgIpc) is 3.15. The fourth-order valence-electron chi connectivity index (χ4n) is 4.11. The Morgan fingerprint density at radius 2 is 0.520 bits per heavy atom. The molecule has 0 fully saturated rings. The molecule has 0 N–H and O–H groups in total. The van der Waals surface area contributed by atoms with E-state index in [-0.39, 0.29) is 70.1 Å². The zero-order valence-electron chi connectivity index (χ0n) is 23.7. The van der Waals surface area contributed by atoms with E-state index in [4.69, 9.17) is 21.0 Å². The molecule has 0 aliphatic carbocycles. The molecule has 0 radical (unpaired) electrons. The number of hydrogen-bond acceptors (Lipinski definition) is 16. The largest absolute Gasteiger partial charge is 0.230 e. The van der Waals surface area contributed by atoms with Gasteiger partial charge in [0, 0.05) is 2.85 Å². The van der Waals surface area contributed by atoms with E-state index >= 15 is 0 Å². The van der Waals surface area contributed by atoms with Crippen LogP contribution in [0.3, 0.4) is 0 Å². The molecule has 0 spiro atoms. The van der Waals surface area contributed by atoms with Gasteiger partial charge in [-0.25, -0.2) is 47.5 Å². The molecule has 0 amide bonds. The maximum atomic E-state index is 13.6. The van der Waals surface area contributed by atoms with Crippen LogP contribution >= 0.6 is 0 Å². The van der Waals surface area contributed by atoms with Crippen molar-refractivity contribution in [2.24, 2.45) is 0 Å². The lowest BCUT2D eigenvalue weighted by atomic mass is 10.1. The van der Waals surface area contributed by atoms with Crippen molar-refractivity contribution in [1.29, 1.82) is 52.6 Å². The van der Waals surface area contributed by atoms with Gasteiger partial charge in [0.15, 0.2) is 57.4 Å². The van der Waals surface area contributed by atoms with Crippen LogP contribution in [-0.4, -0.2) is 29.9 Å². The summed E-state index contributed by atoms with van der Waals surface area (Å²) in [5.41, 5.74) is -4.27. The Kier molecular flexibility index (Phi) is 9.06. The minimum Gasteiger partial charge on any atom is -0.230 e. The van der Waals surface area contributed by atoms with Crippen LogP contribution in [0, 0.1) is 137 Å². The summed E-state index contributed by atoms with van der Waals surface area (Å²) in [5, 5.41) is 86.7. The van der Waals surface area contributed by atoms with Gasteiger partial charge in [0.05, 0.1) is 10.4 Å². The van der Waals surface area contributed by atoms with E-state index in [0.717, 1.165) is 24.3 Å². The highest BCUT2D eigenvalue weighted by molar-refractivity contribution is 6.18. The topological polar surface area (TPSA) is 315 Å². The van der Waals surface area contributed by atoms with Crippen LogP contribution in [0.25, 0.3) is 44.2 Å². The molecule has 0 atom stereocenters. The Hall–Kier alpha value is -9.18. The van der Waals surface area contributed by atoms with Crippen molar-refractivity contribution in [3.8, 4) is 60.7 Å². The summed E-state index contributed by atoms with van der Waals surface area (Å²) in [6.45, 7) is 0. The van der Waals surface area contributed by atoms with Crippen LogP contribution < -0.4 is 10.4 Å². The Morgan fingerprint density at radius 3 is 0.640 bits per heavy atom. The van der Waals surface area contributed by atoms with Gasteiger partial charge in [0.1, 0.15) is 105 Å².